The quantitative estimate of drug-likeness (QED) is 0.326. The molecule has 0 aliphatic rings. The highest BCUT2D eigenvalue weighted by Gasteiger charge is 2.25. The Bertz CT molecular complexity index is 745. The van der Waals surface area contributed by atoms with Crippen LogP contribution in [0, 0.1) is 11.8 Å². The lowest BCUT2D eigenvalue weighted by atomic mass is 10.0. The van der Waals surface area contributed by atoms with Crippen LogP contribution in [-0.4, -0.2) is 31.1 Å². The van der Waals surface area contributed by atoms with Crippen LogP contribution >= 0.6 is 11.6 Å². The van der Waals surface area contributed by atoms with Gasteiger partial charge in [0.05, 0.1) is 25.0 Å². The van der Waals surface area contributed by atoms with Crippen molar-refractivity contribution in [3.63, 3.8) is 0 Å². The molecule has 0 aromatic heterocycles. The van der Waals surface area contributed by atoms with Crippen molar-refractivity contribution in [3.05, 3.63) is 60.2 Å². The Morgan fingerprint density at radius 1 is 1.06 bits per heavy atom. The van der Waals surface area contributed by atoms with Crippen molar-refractivity contribution in [2.45, 2.75) is 45.6 Å². The van der Waals surface area contributed by atoms with Gasteiger partial charge in [-0.25, -0.2) is 0 Å². The summed E-state index contributed by atoms with van der Waals surface area (Å²) in [6, 6.07) is 6.38. The zero-order valence-corrected chi connectivity index (χ0v) is 19.0. The molecule has 1 rings (SSSR count). The SMILES string of the molecule is C=CCCC(=O)N[C@H](COC(=O)C(CC=C)CC(=O)OCC(C)C)c1ccc(Cl)cc1. The first-order valence-electron chi connectivity index (χ1n) is 10.4. The van der Waals surface area contributed by atoms with Crippen molar-refractivity contribution in [1.29, 1.82) is 0 Å². The topological polar surface area (TPSA) is 81.7 Å². The average molecular weight is 450 g/mol. The Balaban J connectivity index is 2.79. The van der Waals surface area contributed by atoms with E-state index in [2.05, 4.69) is 18.5 Å². The molecule has 170 valence electrons. The Morgan fingerprint density at radius 2 is 1.74 bits per heavy atom. The number of esters is 2. The van der Waals surface area contributed by atoms with Crippen LogP contribution in [0.2, 0.25) is 5.02 Å². The summed E-state index contributed by atoms with van der Waals surface area (Å²) in [6.07, 6.45) is 4.24. The van der Waals surface area contributed by atoms with Gasteiger partial charge in [-0.15, -0.1) is 13.2 Å². The second-order valence-corrected chi connectivity index (χ2v) is 8.07. The van der Waals surface area contributed by atoms with Gasteiger partial charge in [0, 0.05) is 11.4 Å². The predicted octanol–water partition coefficient (Wildman–Crippen LogP) is 4.79. The maximum atomic E-state index is 12.6. The number of hydrogen-bond donors (Lipinski definition) is 1. The molecule has 0 saturated carbocycles. The summed E-state index contributed by atoms with van der Waals surface area (Å²) in [5, 5.41) is 3.43. The van der Waals surface area contributed by atoms with Gasteiger partial charge in [0.15, 0.2) is 0 Å². The number of amides is 1. The highest BCUT2D eigenvalue weighted by atomic mass is 35.5. The third kappa shape index (κ3) is 10.8. The maximum absolute atomic E-state index is 12.6. The molecule has 31 heavy (non-hydrogen) atoms. The van der Waals surface area contributed by atoms with Gasteiger partial charge < -0.3 is 14.8 Å². The van der Waals surface area contributed by atoms with Gasteiger partial charge in [0.2, 0.25) is 5.91 Å². The first-order valence-corrected chi connectivity index (χ1v) is 10.7. The standard InChI is InChI=1S/C24H32ClNO5/c1-5-7-9-22(27)26-21(18-10-12-20(25)13-11-18)16-31-24(29)19(8-6-2)14-23(28)30-15-17(3)4/h5-6,10-13,17,19,21H,1-2,7-9,14-16H2,3-4H3,(H,26,27)/t19?,21-/m1/s1. The van der Waals surface area contributed by atoms with Gasteiger partial charge in [-0.05, 0) is 36.5 Å². The minimum Gasteiger partial charge on any atom is -0.465 e. The summed E-state index contributed by atoms with van der Waals surface area (Å²) in [7, 11) is 0. The van der Waals surface area contributed by atoms with Crippen LogP contribution in [0.25, 0.3) is 0 Å². The molecule has 0 radical (unpaired) electrons. The second-order valence-electron chi connectivity index (χ2n) is 7.63. The Morgan fingerprint density at radius 3 is 2.32 bits per heavy atom. The molecule has 2 atom stereocenters. The normalized spacial score (nSPS) is 12.5. The number of benzene rings is 1. The van der Waals surface area contributed by atoms with E-state index in [1.807, 2.05) is 13.8 Å². The summed E-state index contributed by atoms with van der Waals surface area (Å²) in [6.45, 7) is 11.3. The first kappa shape index (κ1) is 26.4. The van der Waals surface area contributed by atoms with E-state index in [1.165, 1.54) is 0 Å². The molecule has 1 amide bonds. The van der Waals surface area contributed by atoms with Gasteiger partial charge in [-0.1, -0.05) is 49.7 Å². The molecule has 0 saturated heterocycles. The highest BCUT2D eigenvalue weighted by Crippen LogP contribution is 2.19. The molecule has 1 N–H and O–H groups in total. The van der Waals surface area contributed by atoms with Crippen LogP contribution < -0.4 is 5.32 Å². The van der Waals surface area contributed by atoms with Crippen LogP contribution in [0.5, 0.6) is 0 Å². The number of rotatable bonds is 14. The van der Waals surface area contributed by atoms with Gasteiger partial charge in [-0.3, -0.25) is 14.4 Å². The maximum Gasteiger partial charge on any atom is 0.309 e. The van der Waals surface area contributed by atoms with E-state index in [9.17, 15) is 14.4 Å². The van der Waals surface area contributed by atoms with Crippen LogP contribution in [-0.2, 0) is 23.9 Å². The van der Waals surface area contributed by atoms with Crippen LogP contribution in [0.15, 0.2) is 49.6 Å². The second kappa shape index (κ2) is 14.4. The van der Waals surface area contributed by atoms with Crippen molar-refractivity contribution in [1.82, 2.24) is 5.32 Å². The molecule has 1 aromatic carbocycles. The van der Waals surface area contributed by atoms with Crippen molar-refractivity contribution in [2.24, 2.45) is 11.8 Å². The van der Waals surface area contributed by atoms with Gasteiger partial charge in [0.25, 0.3) is 0 Å². The number of hydrogen-bond acceptors (Lipinski definition) is 5. The summed E-state index contributed by atoms with van der Waals surface area (Å²) >= 11 is 5.95. The number of halogens is 1. The summed E-state index contributed by atoms with van der Waals surface area (Å²) in [5.74, 6) is -1.67. The average Bonchev–Trinajstić information content (AvgIpc) is 2.73. The minimum absolute atomic E-state index is 0.0744. The Labute approximate surface area is 189 Å². The number of ether oxygens (including phenoxy) is 2. The van der Waals surface area contributed by atoms with E-state index < -0.39 is 23.9 Å². The zero-order valence-electron chi connectivity index (χ0n) is 18.3. The Hall–Kier alpha value is -2.60. The van der Waals surface area contributed by atoms with Crippen molar-refractivity contribution < 1.29 is 23.9 Å². The third-order valence-corrected chi connectivity index (χ3v) is 4.60. The van der Waals surface area contributed by atoms with Crippen LogP contribution in [0.4, 0.5) is 0 Å². The smallest absolute Gasteiger partial charge is 0.309 e. The summed E-state index contributed by atoms with van der Waals surface area (Å²) in [5.41, 5.74) is 0.751. The molecule has 0 aliphatic heterocycles. The third-order valence-electron chi connectivity index (χ3n) is 4.35. The van der Waals surface area contributed by atoms with E-state index in [4.69, 9.17) is 21.1 Å². The molecule has 6 nitrogen and oxygen atoms in total. The lowest BCUT2D eigenvalue weighted by Crippen LogP contribution is -2.33. The van der Waals surface area contributed by atoms with E-state index in [0.29, 0.717) is 18.1 Å². The van der Waals surface area contributed by atoms with Gasteiger partial charge in [0.1, 0.15) is 6.61 Å². The number of allylic oxidation sites excluding steroid dienone is 2. The van der Waals surface area contributed by atoms with Crippen molar-refractivity contribution in [2.75, 3.05) is 13.2 Å². The molecule has 1 aromatic rings. The molecule has 0 heterocycles. The number of carbonyl (C=O) groups is 3. The van der Waals surface area contributed by atoms with Gasteiger partial charge >= 0.3 is 11.9 Å². The molecule has 1 unspecified atom stereocenters. The molecule has 0 fully saturated rings. The fourth-order valence-electron chi connectivity index (χ4n) is 2.68. The van der Waals surface area contributed by atoms with E-state index in [1.54, 1.807) is 36.4 Å². The summed E-state index contributed by atoms with van der Waals surface area (Å²) in [4.78, 5) is 36.9. The molecular weight excluding hydrogens is 418 g/mol. The molecule has 0 spiro atoms. The van der Waals surface area contributed by atoms with Crippen molar-refractivity contribution in [3.8, 4) is 0 Å². The lowest BCUT2D eigenvalue weighted by Gasteiger charge is -2.21. The Kier molecular flexibility index (Phi) is 12.3. The predicted molar refractivity (Wildman–Crippen MR) is 121 cm³/mol. The fraction of sp³-hybridized carbons (Fsp3) is 0.458. The fourth-order valence-corrected chi connectivity index (χ4v) is 2.81. The lowest BCUT2D eigenvalue weighted by molar-refractivity contribution is -0.156. The molecule has 0 bridgehead atoms. The van der Waals surface area contributed by atoms with Crippen LogP contribution in [0.1, 0.15) is 51.1 Å². The minimum atomic E-state index is -0.695. The molecule has 7 heteroatoms. The summed E-state index contributed by atoms with van der Waals surface area (Å²) < 4.78 is 10.6. The highest BCUT2D eigenvalue weighted by molar-refractivity contribution is 6.30. The monoisotopic (exact) mass is 449 g/mol. The van der Waals surface area contributed by atoms with Crippen LogP contribution in [0.3, 0.4) is 0 Å². The number of nitrogens with one attached hydrogen (secondary N) is 1. The zero-order chi connectivity index (χ0) is 23.2. The van der Waals surface area contributed by atoms with E-state index in [0.717, 1.165) is 5.56 Å². The van der Waals surface area contributed by atoms with Crippen molar-refractivity contribution >= 4 is 29.4 Å². The molecule has 0 aliphatic carbocycles. The molecular formula is C24H32ClNO5. The largest absolute Gasteiger partial charge is 0.465 e. The van der Waals surface area contributed by atoms with Gasteiger partial charge in [-0.2, -0.15) is 0 Å². The first-order chi connectivity index (χ1) is 14.8. The number of carbonyl (C=O) groups excluding carboxylic acids is 3. The van der Waals surface area contributed by atoms with E-state index in [-0.39, 0.29) is 37.7 Å². The van der Waals surface area contributed by atoms with E-state index >= 15 is 0 Å².